The monoisotopic (exact) mass is 1670 g/mol. The number of halogens is 6. The maximum atomic E-state index is 13.2. The van der Waals surface area contributed by atoms with E-state index < -0.39 is 23.8 Å². The van der Waals surface area contributed by atoms with E-state index in [4.69, 9.17) is 28.9 Å². The second-order valence-corrected chi connectivity index (χ2v) is 29.4. The van der Waals surface area contributed by atoms with E-state index in [2.05, 4.69) is 145 Å². The molecule has 4 aromatic carbocycles. The Morgan fingerprint density at radius 3 is 1.52 bits per heavy atom. The Labute approximate surface area is 686 Å². The van der Waals surface area contributed by atoms with Crippen LogP contribution in [-0.4, -0.2) is 180 Å². The molecule has 18 heterocycles. The molecule has 0 amide bonds. The van der Waals surface area contributed by atoms with Crippen molar-refractivity contribution in [1.82, 2.24) is 89.9 Å². The molecule has 0 aliphatic carbocycles. The van der Waals surface area contributed by atoms with Crippen LogP contribution in [0.25, 0.3) is 39.8 Å². The fourth-order valence-corrected chi connectivity index (χ4v) is 14.4. The Morgan fingerprint density at radius 1 is 0.556 bits per heavy atom. The number of piperazine rings is 2. The summed E-state index contributed by atoms with van der Waals surface area (Å²) in [4.78, 5) is 50.3. The zero-order chi connectivity index (χ0) is 80.0. The van der Waals surface area contributed by atoms with Crippen LogP contribution >= 0.6 is 28.3 Å². The van der Waals surface area contributed by atoms with Gasteiger partial charge in [0.2, 0.25) is 23.8 Å². The molecule has 117 heavy (non-hydrogen) atoms. The lowest BCUT2D eigenvalue weighted by Gasteiger charge is -2.56. The molecule has 27 nitrogen and oxygen atoms in total. The molecule has 0 radical (unpaired) electrons. The van der Waals surface area contributed by atoms with Gasteiger partial charge >= 0.3 is 0 Å². The predicted molar refractivity (Wildman–Crippen MR) is 438 cm³/mol. The van der Waals surface area contributed by atoms with Gasteiger partial charge in [-0.15, -0.1) is 27.7 Å². The maximum Gasteiger partial charge on any atom is 0.233 e. The number of hydrogen-bond acceptors (Lipinski definition) is 22. The number of benzene rings is 4. The van der Waals surface area contributed by atoms with Gasteiger partial charge in [0.1, 0.15) is 29.6 Å². The number of aldehydes is 1. The Morgan fingerprint density at radius 2 is 1.07 bits per heavy atom. The number of pyridine rings is 2. The van der Waals surface area contributed by atoms with Crippen LogP contribution in [-0.2, 0) is 31.9 Å². The molecular formula is C84H84BrClF4N22O5. The molecule has 0 spiro atoms. The lowest BCUT2D eigenvalue weighted by atomic mass is 9.86. The Balaban J connectivity index is 0.000000126. The molecule has 9 aromatic heterocycles. The minimum Gasteiger partial charge on any atom is -0.353 e. The molecule has 22 rings (SSSR count). The number of amidine groups is 1. The summed E-state index contributed by atoms with van der Waals surface area (Å²) in [7, 11) is 0. The Kier molecular flexibility index (Phi) is 26.7. The number of rotatable bonds is 15. The van der Waals surface area contributed by atoms with Gasteiger partial charge in [-0.2, -0.15) is 27.8 Å². The Hall–Kier alpha value is -11.9. The van der Waals surface area contributed by atoms with Gasteiger partial charge in [-0.3, -0.25) is 24.9 Å². The predicted octanol–water partition coefficient (Wildman–Crippen LogP) is 13.8. The summed E-state index contributed by atoms with van der Waals surface area (Å²) in [6, 6.07) is 52.1. The molecule has 4 N–H and O–H groups in total. The first-order valence-corrected chi connectivity index (χ1v) is 38.7. The van der Waals surface area contributed by atoms with Crippen molar-refractivity contribution in [2.24, 2.45) is 4.99 Å². The molecule has 33 heteroatoms. The van der Waals surface area contributed by atoms with E-state index in [1.807, 2.05) is 118 Å². The summed E-state index contributed by atoms with van der Waals surface area (Å²) in [5.74, 6) is 3.12. The molecular weight excluding hydrogens is 1590 g/mol. The smallest absolute Gasteiger partial charge is 0.233 e. The van der Waals surface area contributed by atoms with Crippen LogP contribution in [0.5, 0.6) is 0 Å². The van der Waals surface area contributed by atoms with Crippen LogP contribution in [0.1, 0.15) is 87.9 Å². The van der Waals surface area contributed by atoms with Crippen LogP contribution in [0.4, 0.5) is 35.0 Å². The topological polar surface area (TPSA) is 288 Å². The van der Waals surface area contributed by atoms with Crippen molar-refractivity contribution >= 4 is 57.9 Å². The second kappa shape index (κ2) is 38.3. The van der Waals surface area contributed by atoms with Gasteiger partial charge in [-0.25, -0.2) is 43.9 Å². The zero-order valence-electron chi connectivity index (χ0n) is 64.3. The number of aromatic nitrogens is 16. The fraction of sp³-hybridized carbons (Fsp3) is 0.274. The van der Waals surface area contributed by atoms with Gasteiger partial charge in [-0.1, -0.05) is 52.3 Å². The average Bonchev–Trinajstić information content (AvgIpc) is 1.28. The zero-order valence-corrected chi connectivity index (χ0v) is 66.7. The van der Waals surface area contributed by atoms with Gasteiger partial charge in [0.05, 0.1) is 67.6 Å². The SMILES string of the molecule is Brc1ccc(C2OCCO2)cc1.CC1=CC(Nc2cc(C)nc(-c3ccc(N4CC5CC(C4)N5)nc3)n2)=NC1.Cc1cc(Cc2cc(C)[nH]n2)nc(-c2ccc(N3CC4CC(C3)N4Cc3ccc(-n4ccc(F)n4)cc3)nc2)n1.Cl.Fc1ccn(-c2ccc(C3OCCO3)cc2)n1.Fc1ccn[nH]1.O=Cc1ccc(-n2ccc(F)n2)cc1. The van der Waals surface area contributed by atoms with Crippen LogP contribution in [0.3, 0.4) is 0 Å². The van der Waals surface area contributed by atoms with Crippen molar-refractivity contribution in [2.45, 2.75) is 90.2 Å². The molecule has 4 atom stereocenters. The maximum absolute atomic E-state index is 13.2. The summed E-state index contributed by atoms with van der Waals surface area (Å²) >= 11 is 3.37. The fourth-order valence-electron chi connectivity index (χ4n) is 14.1. The molecule has 9 aliphatic heterocycles. The number of fused-ring (bicyclic) bond motifs is 4. The van der Waals surface area contributed by atoms with Gasteiger partial charge < -0.3 is 39.4 Å². The number of hydrogen-bond donors (Lipinski definition) is 4. The van der Waals surface area contributed by atoms with E-state index in [9.17, 15) is 22.4 Å². The van der Waals surface area contributed by atoms with E-state index in [1.54, 1.807) is 41.3 Å². The summed E-state index contributed by atoms with van der Waals surface area (Å²) in [6.07, 6.45) is 15.4. The number of H-pyrrole nitrogens is 2. The van der Waals surface area contributed by atoms with Crippen molar-refractivity contribution in [3.63, 3.8) is 0 Å². The molecule has 0 saturated carbocycles. The molecule has 4 unspecified atom stereocenters. The number of carbonyl (C=O) groups excluding carboxylic acids is 1. The summed E-state index contributed by atoms with van der Waals surface area (Å²) < 4.78 is 77.1. The first kappa shape index (κ1) is 81.7. The van der Waals surface area contributed by atoms with E-state index >= 15 is 0 Å². The number of anilines is 3. The van der Waals surface area contributed by atoms with E-state index in [0.29, 0.717) is 74.2 Å². The standard InChI is InChI=1S/C30H30FN9.C20H23N7.C12H11FN2O2.C10H7FN2O.C9H9BrO2.C3H3FN2.ClH/c1-19-11-23(13-24-12-20(2)35-36-24)34-30(33-19)22-5-8-29(32-15-22)38-17-26-14-27(18-38)39(26)16-21-3-6-25(7-4-21)40-10-9-28(31)37-40;1-12-5-17(21-8-12)25-18-6-13(2)23-20(26-18)14-3-4-19(22-9-14)27-10-15-7-16(11-27)24-15;13-11-5-6-15(14-11)10-3-1-9(2-4-10)12-16-7-8-17-12;11-10-5-6-13(12-10)9-3-1-8(7-14)2-4-9;10-8-3-1-7(2-4-8)9-11-5-6-12-9;4-3-1-2-5-6-3;/h3-12,15,26-27H,13-14,16-18H2,1-2H3,(H,35,36);3-6,9,15-16,24H,7-8,10-11H2,1-2H3,(H,21,23,25,26);1-6,12H,7-8H2;1-7H;1-4,9H,5-6H2;1-2H,(H,5,6);1H. The van der Waals surface area contributed by atoms with Gasteiger partial charge in [0, 0.05) is 174 Å². The second-order valence-electron chi connectivity index (χ2n) is 28.5. The van der Waals surface area contributed by atoms with E-state index in [-0.39, 0.29) is 25.0 Å². The van der Waals surface area contributed by atoms with E-state index in [0.717, 1.165) is 141 Å². The van der Waals surface area contributed by atoms with Gasteiger partial charge in [-0.05, 0) is 155 Å². The third kappa shape index (κ3) is 21.6. The van der Waals surface area contributed by atoms with E-state index in [1.165, 1.54) is 70.0 Å². The molecule has 4 bridgehead atoms. The van der Waals surface area contributed by atoms with Crippen LogP contribution in [0.15, 0.2) is 222 Å². The third-order valence-corrected chi connectivity index (χ3v) is 20.3. The minimum atomic E-state index is -0.524. The summed E-state index contributed by atoms with van der Waals surface area (Å²) in [6.45, 7) is 16.3. The number of ether oxygens (including phenoxy) is 4. The van der Waals surface area contributed by atoms with Crippen molar-refractivity contribution in [3.05, 3.63) is 292 Å². The van der Waals surface area contributed by atoms with Crippen molar-refractivity contribution in [2.75, 3.05) is 74.3 Å². The average molecular weight is 1670 g/mol. The number of aromatic amines is 2. The number of piperidine rings is 2. The van der Waals surface area contributed by atoms with Gasteiger partial charge in [0.25, 0.3) is 0 Å². The first-order chi connectivity index (χ1) is 56.5. The van der Waals surface area contributed by atoms with Crippen molar-refractivity contribution < 1.29 is 41.3 Å². The summed E-state index contributed by atoms with van der Waals surface area (Å²) in [5, 5.41) is 30.7. The van der Waals surface area contributed by atoms with Crippen molar-refractivity contribution in [1.29, 1.82) is 0 Å². The highest BCUT2D eigenvalue weighted by Crippen LogP contribution is 2.37. The highest BCUT2D eigenvalue weighted by molar-refractivity contribution is 9.10. The third-order valence-electron chi connectivity index (χ3n) is 19.8. The number of nitrogens with one attached hydrogen (secondary N) is 4. The number of aliphatic imine (C=N–C) groups is 1. The van der Waals surface area contributed by atoms with Crippen molar-refractivity contribution in [3.8, 4) is 39.8 Å². The lowest BCUT2D eigenvalue weighted by Crippen LogP contribution is -2.68. The van der Waals surface area contributed by atoms with Crippen LogP contribution < -0.4 is 20.4 Å². The highest BCUT2D eigenvalue weighted by atomic mass is 79.9. The number of aryl methyl sites for hydroxylation is 3. The normalized spacial score (nSPS) is 17.8. The lowest BCUT2D eigenvalue weighted by molar-refractivity contribution is -0.0443. The number of carbonyl (C=O) groups is 1. The molecule has 602 valence electrons. The molecule has 8 saturated heterocycles. The largest absolute Gasteiger partial charge is 0.353 e. The van der Waals surface area contributed by atoms with Crippen LogP contribution in [0.2, 0.25) is 0 Å². The summed E-state index contributed by atoms with van der Waals surface area (Å²) in [5.41, 5.74) is 14.1. The molecule has 13 aromatic rings. The quantitative estimate of drug-likeness (QED) is 0.0548. The number of nitrogens with zero attached hydrogens (tertiary/aromatic N) is 18. The Bertz CT molecular complexity index is 5450. The minimum absolute atomic E-state index is 0. The first-order valence-electron chi connectivity index (χ1n) is 37.9. The molecule has 9 aliphatic rings. The van der Waals surface area contributed by atoms with Crippen LogP contribution in [0, 0.1) is 44.6 Å². The van der Waals surface area contributed by atoms with Gasteiger partial charge in [0.15, 0.2) is 24.2 Å². The molecule has 8 fully saturated rings. The highest BCUT2D eigenvalue weighted by Gasteiger charge is 2.45.